The summed E-state index contributed by atoms with van der Waals surface area (Å²) in [6, 6.07) is 6.76. The Morgan fingerprint density at radius 2 is 2.05 bits per heavy atom. The Morgan fingerprint density at radius 3 is 2.68 bits per heavy atom. The summed E-state index contributed by atoms with van der Waals surface area (Å²) >= 11 is 0. The maximum atomic E-state index is 12.0. The minimum absolute atomic E-state index is 0.181. The normalized spacial score (nSPS) is 11.1. The molecule has 1 rings (SSSR count). The van der Waals surface area contributed by atoms with Crippen LogP contribution >= 0.6 is 0 Å². The molecule has 0 aromatic heterocycles. The van der Waals surface area contributed by atoms with Gasteiger partial charge in [0.1, 0.15) is 0 Å². The number of hydrogen-bond acceptors (Lipinski definition) is 4. The lowest BCUT2D eigenvalue weighted by molar-refractivity contribution is -0.120. The fourth-order valence-corrected chi connectivity index (χ4v) is 1.65. The molecule has 0 bridgehead atoms. The highest BCUT2D eigenvalue weighted by Gasteiger charge is 2.21. The molecule has 4 N–H and O–H groups in total. The minimum atomic E-state index is -0.975. The summed E-state index contributed by atoms with van der Waals surface area (Å²) in [5.74, 6) is -0.485. The van der Waals surface area contributed by atoms with E-state index in [4.69, 9.17) is 10.5 Å². The second-order valence-electron chi connectivity index (χ2n) is 5.56. The van der Waals surface area contributed by atoms with Crippen LogP contribution < -0.4 is 16.4 Å². The largest absolute Gasteiger partial charge is 0.382 e. The zero-order chi connectivity index (χ0) is 16.6. The van der Waals surface area contributed by atoms with Gasteiger partial charge in [0.25, 0.3) is 5.91 Å². The third kappa shape index (κ3) is 6.24. The van der Waals surface area contributed by atoms with Crippen LogP contribution in [0.3, 0.4) is 0 Å². The molecule has 2 amide bonds. The number of nitrogens with two attached hydrogens (primary N) is 1. The van der Waals surface area contributed by atoms with E-state index >= 15 is 0 Å². The predicted molar refractivity (Wildman–Crippen MR) is 86.8 cm³/mol. The van der Waals surface area contributed by atoms with E-state index in [1.165, 1.54) is 0 Å². The smallest absolute Gasteiger partial charge is 0.251 e. The van der Waals surface area contributed by atoms with Gasteiger partial charge in [-0.3, -0.25) is 9.59 Å². The number of anilines is 1. The lowest BCUT2D eigenvalue weighted by Crippen LogP contribution is -2.45. The van der Waals surface area contributed by atoms with Crippen LogP contribution in [0.1, 0.15) is 37.6 Å². The van der Waals surface area contributed by atoms with Gasteiger partial charge < -0.3 is 21.1 Å². The second kappa shape index (κ2) is 8.51. The standard InChI is InChI=1S/C16H25N3O3/c1-4-22-10-6-9-18-14(20)12-7-5-8-13(11-12)19-15(21)16(2,3)17/h5,7-8,11H,4,6,9-10,17H2,1-3H3,(H,18,20)(H,19,21). The molecule has 0 unspecified atom stereocenters. The van der Waals surface area contributed by atoms with Gasteiger partial charge in [-0.05, 0) is 45.4 Å². The monoisotopic (exact) mass is 307 g/mol. The zero-order valence-electron chi connectivity index (χ0n) is 13.4. The minimum Gasteiger partial charge on any atom is -0.382 e. The van der Waals surface area contributed by atoms with Crippen molar-refractivity contribution >= 4 is 17.5 Å². The first-order valence-electron chi connectivity index (χ1n) is 7.41. The number of benzene rings is 1. The van der Waals surface area contributed by atoms with Crippen molar-refractivity contribution < 1.29 is 14.3 Å². The number of ether oxygens (including phenoxy) is 1. The number of carbonyl (C=O) groups is 2. The fraction of sp³-hybridized carbons (Fsp3) is 0.500. The van der Waals surface area contributed by atoms with E-state index in [-0.39, 0.29) is 11.8 Å². The van der Waals surface area contributed by atoms with Gasteiger partial charge in [0.05, 0.1) is 5.54 Å². The van der Waals surface area contributed by atoms with Crippen LogP contribution in [-0.4, -0.2) is 37.1 Å². The Labute approximate surface area is 131 Å². The van der Waals surface area contributed by atoms with Gasteiger partial charge in [-0.25, -0.2) is 0 Å². The summed E-state index contributed by atoms with van der Waals surface area (Å²) in [7, 11) is 0. The van der Waals surface area contributed by atoms with Crippen molar-refractivity contribution in [2.45, 2.75) is 32.7 Å². The molecule has 6 nitrogen and oxygen atoms in total. The van der Waals surface area contributed by atoms with Gasteiger partial charge in [0.15, 0.2) is 0 Å². The van der Waals surface area contributed by atoms with Crippen molar-refractivity contribution in [1.29, 1.82) is 0 Å². The fourth-order valence-electron chi connectivity index (χ4n) is 1.65. The van der Waals surface area contributed by atoms with E-state index in [9.17, 15) is 9.59 Å². The first-order chi connectivity index (χ1) is 10.3. The van der Waals surface area contributed by atoms with Crippen LogP contribution in [0.15, 0.2) is 24.3 Å². The van der Waals surface area contributed by atoms with E-state index < -0.39 is 5.54 Å². The molecule has 0 heterocycles. The highest BCUT2D eigenvalue weighted by molar-refractivity contribution is 5.99. The van der Waals surface area contributed by atoms with Crippen LogP contribution in [0.25, 0.3) is 0 Å². The van der Waals surface area contributed by atoms with E-state index in [0.717, 1.165) is 6.42 Å². The highest BCUT2D eigenvalue weighted by Crippen LogP contribution is 2.12. The summed E-state index contributed by atoms with van der Waals surface area (Å²) in [5.41, 5.74) is 5.79. The SMILES string of the molecule is CCOCCCNC(=O)c1cccc(NC(=O)C(C)(C)N)c1. The molecule has 122 valence electrons. The Morgan fingerprint density at radius 1 is 1.32 bits per heavy atom. The van der Waals surface area contributed by atoms with Gasteiger partial charge in [0, 0.05) is 31.0 Å². The molecule has 0 fully saturated rings. The molecule has 0 aliphatic carbocycles. The van der Waals surface area contributed by atoms with E-state index in [0.29, 0.717) is 31.0 Å². The summed E-state index contributed by atoms with van der Waals surface area (Å²) in [6.07, 6.45) is 0.761. The average molecular weight is 307 g/mol. The summed E-state index contributed by atoms with van der Waals surface area (Å²) < 4.78 is 5.21. The number of carbonyl (C=O) groups excluding carboxylic acids is 2. The Hall–Kier alpha value is -1.92. The van der Waals surface area contributed by atoms with Gasteiger partial charge >= 0.3 is 0 Å². The average Bonchev–Trinajstić information content (AvgIpc) is 2.46. The number of hydrogen-bond donors (Lipinski definition) is 3. The third-order valence-corrected chi connectivity index (χ3v) is 2.92. The van der Waals surface area contributed by atoms with Crippen molar-refractivity contribution in [3.8, 4) is 0 Å². The Balaban J connectivity index is 2.56. The van der Waals surface area contributed by atoms with Gasteiger partial charge in [-0.15, -0.1) is 0 Å². The second-order valence-corrected chi connectivity index (χ2v) is 5.56. The number of nitrogens with one attached hydrogen (secondary N) is 2. The quantitative estimate of drug-likeness (QED) is 0.635. The van der Waals surface area contributed by atoms with Crippen LogP contribution in [0, 0.1) is 0 Å². The summed E-state index contributed by atoms with van der Waals surface area (Å²) in [4.78, 5) is 23.9. The van der Waals surface area contributed by atoms with E-state index in [1.54, 1.807) is 38.1 Å². The lowest BCUT2D eigenvalue weighted by atomic mass is 10.1. The first-order valence-corrected chi connectivity index (χ1v) is 7.41. The third-order valence-electron chi connectivity index (χ3n) is 2.92. The van der Waals surface area contributed by atoms with Crippen LogP contribution in [0.2, 0.25) is 0 Å². The van der Waals surface area contributed by atoms with Gasteiger partial charge in [-0.2, -0.15) is 0 Å². The maximum absolute atomic E-state index is 12.0. The van der Waals surface area contributed by atoms with Crippen molar-refractivity contribution in [2.75, 3.05) is 25.1 Å². The zero-order valence-corrected chi connectivity index (χ0v) is 13.4. The molecule has 0 aliphatic heterocycles. The van der Waals surface area contributed by atoms with Gasteiger partial charge in [0.2, 0.25) is 5.91 Å². The summed E-state index contributed by atoms with van der Waals surface area (Å²) in [6.45, 7) is 7.02. The molecule has 22 heavy (non-hydrogen) atoms. The van der Waals surface area contributed by atoms with Gasteiger partial charge in [-0.1, -0.05) is 6.07 Å². The van der Waals surface area contributed by atoms with E-state index in [2.05, 4.69) is 10.6 Å². The molecule has 0 atom stereocenters. The van der Waals surface area contributed by atoms with Crippen molar-refractivity contribution in [3.63, 3.8) is 0 Å². The maximum Gasteiger partial charge on any atom is 0.251 e. The van der Waals surface area contributed by atoms with E-state index in [1.807, 2.05) is 6.92 Å². The number of amides is 2. The highest BCUT2D eigenvalue weighted by atomic mass is 16.5. The van der Waals surface area contributed by atoms with Crippen LogP contribution in [0.5, 0.6) is 0 Å². The molecule has 0 aliphatic rings. The molecular formula is C16H25N3O3. The lowest BCUT2D eigenvalue weighted by Gasteiger charge is -2.18. The van der Waals surface area contributed by atoms with Crippen LogP contribution in [-0.2, 0) is 9.53 Å². The molecule has 0 spiro atoms. The molecule has 0 radical (unpaired) electrons. The van der Waals surface area contributed by atoms with Crippen molar-refractivity contribution in [1.82, 2.24) is 5.32 Å². The first kappa shape index (κ1) is 18.1. The molecule has 1 aromatic rings. The number of rotatable bonds is 8. The Bertz CT molecular complexity index is 510. The summed E-state index contributed by atoms with van der Waals surface area (Å²) in [5, 5.41) is 5.51. The van der Waals surface area contributed by atoms with Crippen LogP contribution in [0.4, 0.5) is 5.69 Å². The van der Waals surface area contributed by atoms with Crippen molar-refractivity contribution in [3.05, 3.63) is 29.8 Å². The predicted octanol–water partition coefficient (Wildman–Crippen LogP) is 1.52. The van der Waals surface area contributed by atoms with Crippen molar-refractivity contribution in [2.24, 2.45) is 5.73 Å². The molecule has 6 heteroatoms. The molecular weight excluding hydrogens is 282 g/mol. The molecule has 0 saturated heterocycles. The molecule has 1 aromatic carbocycles. The topological polar surface area (TPSA) is 93.5 Å². The molecule has 0 saturated carbocycles. The Kier molecular flexibility index (Phi) is 7.01.